The van der Waals surface area contributed by atoms with Crippen molar-refractivity contribution in [2.75, 3.05) is 0 Å². The Bertz CT molecular complexity index is 676. The molecule has 0 aliphatic carbocycles. The van der Waals surface area contributed by atoms with E-state index < -0.39 is 10.2 Å². The lowest BCUT2D eigenvalue weighted by molar-refractivity contribution is -0.111. The minimum atomic E-state index is -1.12. The molecule has 0 amide bonds. The van der Waals surface area contributed by atoms with Gasteiger partial charge in [-0.2, -0.15) is 0 Å². The van der Waals surface area contributed by atoms with Crippen LogP contribution in [0.1, 0.15) is 16.7 Å². The quantitative estimate of drug-likeness (QED) is 0.416. The summed E-state index contributed by atoms with van der Waals surface area (Å²) in [7, 11) is 0. The predicted octanol–water partition coefficient (Wildman–Crippen LogP) is 4.23. The summed E-state index contributed by atoms with van der Waals surface area (Å²) in [6, 6.07) is 29.9. The van der Waals surface area contributed by atoms with Crippen LogP contribution in [0.3, 0.4) is 0 Å². The van der Waals surface area contributed by atoms with Gasteiger partial charge < -0.3 is 5.11 Å². The number of hydrogen-bond donors (Lipinski definition) is 1. The van der Waals surface area contributed by atoms with Crippen LogP contribution in [0.4, 0.5) is 0 Å². The Balaban J connectivity index is 2.30. The van der Waals surface area contributed by atoms with Gasteiger partial charge in [-0.05, 0) is 16.7 Å². The Labute approximate surface area is 146 Å². The molecule has 0 aromatic heterocycles. The first kappa shape index (κ1) is 16.5. The van der Waals surface area contributed by atoms with E-state index in [1.165, 1.54) is 11.8 Å². The molecule has 3 aromatic rings. The van der Waals surface area contributed by atoms with Gasteiger partial charge in [-0.15, -0.1) is 11.8 Å². The third kappa shape index (κ3) is 3.14. The van der Waals surface area contributed by atoms with Crippen molar-refractivity contribution in [1.82, 2.24) is 0 Å². The third-order valence-corrected chi connectivity index (χ3v) is 5.37. The Hall–Kier alpha value is -2.36. The molecular weight excluding hydrogens is 316 g/mol. The number of rotatable bonds is 6. The Morgan fingerprint density at radius 3 is 1.33 bits per heavy atom. The number of aldehydes is 1. The average molecular weight is 334 g/mol. The van der Waals surface area contributed by atoms with E-state index in [0.717, 1.165) is 16.7 Å². The van der Waals surface area contributed by atoms with Gasteiger partial charge in [0.1, 0.15) is 0 Å². The second-order valence-corrected chi connectivity index (χ2v) is 6.75. The summed E-state index contributed by atoms with van der Waals surface area (Å²) in [5, 5.41) is 10.2. The first-order chi connectivity index (χ1) is 11.8. The van der Waals surface area contributed by atoms with Crippen LogP contribution in [0, 0.1) is 0 Å². The standard InChI is InChI=1S/C21H18O2S/c22-16-20(23)24-21(17-10-4-1-5-11-17,18-12-6-2-7-13-18)19-14-8-3-9-15-19/h1-16,20,23H. The van der Waals surface area contributed by atoms with Crippen molar-refractivity contribution in [2.45, 2.75) is 10.2 Å². The summed E-state index contributed by atoms with van der Waals surface area (Å²) in [6.07, 6.45) is 0.578. The number of aliphatic hydroxyl groups is 1. The number of carbonyl (C=O) groups is 1. The molecule has 3 rings (SSSR count). The van der Waals surface area contributed by atoms with Crippen molar-refractivity contribution in [3.63, 3.8) is 0 Å². The molecular formula is C21H18O2S. The third-order valence-electron chi connectivity index (χ3n) is 3.95. The van der Waals surface area contributed by atoms with E-state index in [-0.39, 0.29) is 0 Å². The summed E-state index contributed by atoms with van der Waals surface area (Å²) in [5.41, 5.74) is 1.94. The lowest BCUT2D eigenvalue weighted by Crippen LogP contribution is -2.29. The fraction of sp³-hybridized carbons (Fsp3) is 0.0952. The van der Waals surface area contributed by atoms with Gasteiger partial charge >= 0.3 is 0 Å². The monoisotopic (exact) mass is 334 g/mol. The minimum Gasteiger partial charge on any atom is -0.375 e. The number of carbonyl (C=O) groups excluding carboxylic acids is 1. The number of hydrogen-bond acceptors (Lipinski definition) is 3. The van der Waals surface area contributed by atoms with E-state index in [9.17, 15) is 9.90 Å². The van der Waals surface area contributed by atoms with Gasteiger partial charge in [0.15, 0.2) is 11.7 Å². The lowest BCUT2D eigenvalue weighted by atomic mass is 9.84. The van der Waals surface area contributed by atoms with Gasteiger partial charge in [-0.3, -0.25) is 4.79 Å². The summed E-state index contributed by atoms with van der Waals surface area (Å²) in [5.74, 6) is 0. The van der Waals surface area contributed by atoms with Gasteiger partial charge in [0.05, 0.1) is 4.75 Å². The van der Waals surface area contributed by atoms with Crippen molar-refractivity contribution in [2.24, 2.45) is 0 Å². The molecule has 1 atom stereocenters. The number of aliphatic hydroxyl groups excluding tert-OH is 1. The Morgan fingerprint density at radius 2 is 1.04 bits per heavy atom. The molecule has 24 heavy (non-hydrogen) atoms. The fourth-order valence-electron chi connectivity index (χ4n) is 2.93. The molecule has 0 radical (unpaired) electrons. The molecule has 0 aliphatic rings. The highest BCUT2D eigenvalue weighted by Gasteiger charge is 2.39. The molecule has 0 fully saturated rings. The van der Waals surface area contributed by atoms with Gasteiger partial charge in [0, 0.05) is 0 Å². The van der Waals surface area contributed by atoms with E-state index in [1.807, 2.05) is 91.0 Å². The molecule has 0 saturated carbocycles. The predicted molar refractivity (Wildman–Crippen MR) is 98.9 cm³/mol. The van der Waals surface area contributed by atoms with Crippen molar-refractivity contribution in [3.8, 4) is 0 Å². The maximum absolute atomic E-state index is 11.2. The Morgan fingerprint density at radius 1 is 0.708 bits per heavy atom. The molecule has 2 nitrogen and oxygen atoms in total. The summed E-state index contributed by atoms with van der Waals surface area (Å²) >= 11 is 1.24. The van der Waals surface area contributed by atoms with Crippen LogP contribution in [0.25, 0.3) is 0 Å². The maximum atomic E-state index is 11.2. The molecule has 0 bridgehead atoms. The van der Waals surface area contributed by atoms with Crippen LogP contribution < -0.4 is 0 Å². The first-order valence-corrected chi connectivity index (χ1v) is 8.63. The highest BCUT2D eigenvalue weighted by atomic mass is 32.2. The smallest absolute Gasteiger partial charge is 0.158 e. The van der Waals surface area contributed by atoms with Crippen molar-refractivity contribution in [3.05, 3.63) is 108 Å². The zero-order valence-electron chi connectivity index (χ0n) is 13.1. The van der Waals surface area contributed by atoms with Crippen molar-refractivity contribution < 1.29 is 9.90 Å². The zero-order chi connectivity index (χ0) is 16.8. The summed E-state index contributed by atoms with van der Waals surface area (Å²) in [6.45, 7) is 0. The molecule has 0 spiro atoms. The van der Waals surface area contributed by atoms with E-state index >= 15 is 0 Å². The summed E-state index contributed by atoms with van der Waals surface area (Å²) in [4.78, 5) is 11.2. The molecule has 1 unspecified atom stereocenters. The van der Waals surface area contributed by atoms with E-state index in [4.69, 9.17) is 0 Å². The zero-order valence-corrected chi connectivity index (χ0v) is 13.9. The summed E-state index contributed by atoms with van der Waals surface area (Å²) < 4.78 is -0.663. The fourth-order valence-corrected chi connectivity index (χ4v) is 4.17. The van der Waals surface area contributed by atoms with Crippen LogP contribution in [-0.2, 0) is 9.54 Å². The highest BCUT2D eigenvalue weighted by molar-refractivity contribution is 8.01. The minimum absolute atomic E-state index is 0.578. The van der Waals surface area contributed by atoms with Crippen LogP contribution in [-0.4, -0.2) is 16.8 Å². The highest BCUT2D eigenvalue weighted by Crippen LogP contribution is 2.49. The normalized spacial score (nSPS) is 12.5. The van der Waals surface area contributed by atoms with E-state index in [0.29, 0.717) is 6.29 Å². The molecule has 0 aliphatic heterocycles. The number of thioether (sulfide) groups is 1. The van der Waals surface area contributed by atoms with Gasteiger partial charge in [0.25, 0.3) is 0 Å². The lowest BCUT2D eigenvalue weighted by Gasteiger charge is -2.36. The molecule has 1 N–H and O–H groups in total. The maximum Gasteiger partial charge on any atom is 0.158 e. The van der Waals surface area contributed by atoms with E-state index in [2.05, 4.69) is 0 Å². The SMILES string of the molecule is O=CC(O)SC(c1ccccc1)(c1ccccc1)c1ccccc1. The second-order valence-electron chi connectivity index (χ2n) is 5.42. The molecule has 3 aromatic carbocycles. The van der Waals surface area contributed by atoms with Crippen LogP contribution in [0.2, 0.25) is 0 Å². The van der Waals surface area contributed by atoms with Gasteiger partial charge in [0.2, 0.25) is 0 Å². The largest absolute Gasteiger partial charge is 0.375 e. The van der Waals surface area contributed by atoms with Crippen molar-refractivity contribution in [1.29, 1.82) is 0 Å². The van der Waals surface area contributed by atoms with Gasteiger partial charge in [-0.25, -0.2) is 0 Å². The van der Waals surface area contributed by atoms with Gasteiger partial charge in [-0.1, -0.05) is 91.0 Å². The molecule has 0 heterocycles. The Kier molecular flexibility index (Phi) is 5.14. The second kappa shape index (κ2) is 7.47. The average Bonchev–Trinajstić information content (AvgIpc) is 2.68. The molecule has 120 valence electrons. The van der Waals surface area contributed by atoms with E-state index in [1.54, 1.807) is 0 Å². The van der Waals surface area contributed by atoms with Crippen molar-refractivity contribution >= 4 is 18.0 Å². The molecule has 3 heteroatoms. The van der Waals surface area contributed by atoms with Crippen LogP contribution in [0.5, 0.6) is 0 Å². The topological polar surface area (TPSA) is 37.3 Å². The molecule has 0 saturated heterocycles. The number of benzene rings is 3. The van der Waals surface area contributed by atoms with Crippen LogP contribution >= 0.6 is 11.8 Å². The van der Waals surface area contributed by atoms with Crippen LogP contribution in [0.15, 0.2) is 91.0 Å². The first-order valence-electron chi connectivity index (χ1n) is 7.75.